The van der Waals surface area contributed by atoms with Crippen LogP contribution >= 0.6 is 11.3 Å². The number of phenols is 1. The second-order valence-corrected chi connectivity index (χ2v) is 7.25. The van der Waals surface area contributed by atoms with Crippen molar-refractivity contribution >= 4 is 17.4 Å². The molecule has 1 aliphatic rings. The van der Waals surface area contributed by atoms with Gasteiger partial charge in [0.15, 0.2) is 0 Å². The maximum absolute atomic E-state index is 12.4. The number of aromatic hydroxyl groups is 1. The number of amides is 2. The van der Waals surface area contributed by atoms with Gasteiger partial charge in [-0.2, -0.15) is 0 Å². The van der Waals surface area contributed by atoms with Crippen molar-refractivity contribution in [1.82, 2.24) is 20.1 Å². The molecule has 0 aliphatic carbocycles. The van der Waals surface area contributed by atoms with E-state index >= 15 is 0 Å². The molecule has 134 valence electrons. The number of hydrogen-bond donors (Lipinski definition) is 2. The van der Waals surface area contributed by atoms with E-state index in [2.05, 4.69) is 15.2 Å². The fourth-order valence-electron chi connectivity index (χ4n) is 3.15. The van der Waals surface area contributed by atoms with E-state index in [0.29, 0.717) is 12.3 Å². The van der Waals surface area contributed by atoms with Crippen molar-refractivity contribution < 1.29 is 9.90 Å². The van der Waals surface area contributed by atoms with Crippen molar-refractivity contribution in [2.75, 3.05) is 20.1 Å². The van der Waals surface area contributed by atoms with Crippen LogP contribution in [0.2, 0.25) is 0 Å². The highest BCUT2D eigenvalue weighted by Gasteiger charge is 2.23. The lowest BCUT2D eigenvalue weighted by atomic mass is 10.0. The summed E-state index contributed by atoms with van der Waals surface area (Å²) in [6, 6.07) is 7.45. The molecule has 7 heteroatoms. The molecule has 3 rings (SSSR count). The van der Waals surface area contributed by atoms with Gasteiger partial charge in [-0.25, -0.2) is 9.78 Å². The normalized spacial score (nSPS) is 18.0. The number of likely N-dealkylation sites (tertiary alicyclic amines) is 1. The molecule has 0 spiro atoms. The van der Waals surface area contributed by atoms with Crippen LogP contribution in [0.15, 0.2) is 35.2 Å². The lowest BCUT2D eigenvalue weighted by Crippen LogP contribution is -2.50. The van der Waals surface area contributed by atoms with Gasteiger partial charge in [-0.1, -0.05) is 12.1 Å². The number of phenolic OH excluding ortho intramolecular Hbond substituents is 1. The highest BCUT2D eigenvalue weighted by atomic mass is 32.1. The van der Waals surface area contributed by atoms with Crippen LogP contribution < -0.4 is 5.32 Å². The van der Waals surface area contributed by atoms with Gasteiger partial charge < -0.3 is 15.3 Å². The van der Waals surface area contributed by atoms with E-state index in [1.54, 1.807) is 29.6 Å². The Labute approximate surface area is 152 Å². The molecule has 1 aliphatic heterocycles. The summed E-state index contributed by atoms with van der Waals surface area (Å²) in [5.74, 6) is 0.294. The van der Waals surface area contributed by atoms with Crippen LogP contribution in [0.25, 0.3) is 0 Å². The first kappa shape index (κ1) is 17.7. The molecule has 0 bridgehead atoms. The van der Waals surface area contributed by atoms with Gasteiger partial charge in [-0.3, -0.25) is 4.90 Å². The number of nitrogens with one attached hydrogen (secondary N) is 1. The van der Waals surface area contributed by atoms with Gasteiger partial charge in [0.2, 0.25) is 0 Å². The minimum atomic E-state index is -0.0581. The zero-order valence-corrected chi connectivity index (χ0v) is 15.2. The number of thiazole rings is 1. The van der Waals surface area contributed by atoms with Gasteiger partial charge in [-0.15, -0.1) is 11.3 Å². The molecule has 1 atom stereocenters. The smallest absolute Gasteiger partial charge is 0.317 e. The number of piperidine rings is 1. The molecule has 1 fully saturated rings. The van der Waals surface area contributed by atoms with Crippen molar-refractivity contribution in [1.29, 1.82) is 0 Å². The molecule has 2 aromatic rings. The Kier molecular flexibility index (Phi) is 5.88. The fourth-order valence-corrected chi connectivity index (χ4v) is 3.69. The first-order valence-corrected chi connectivity index (χ1v) is 9.43. The summed E-state index contributed by atoms with van der Waals surface area (Å²) >= 11 is 1.54. The summed E-state index contributed by atoms with van der Waals surface area (Å²) < 4.78 is 0. The maximum Gasteiger partial charge on any atom is 0.317 e. The van der Waals surface area contributed by atoms with Gasteiger partial charge in [-0.05, 0) is 37.1 Å². The first-order valence-electron chi connectivity index (χ1n) is 8.49. The molecular weight excluding hydrogens is 336 g/mol. The molecule has 0 saturated carbocycles. The van der Waals surface area contributed by atoms with E-state index in [1.165, 1.54) is 11.3 Å². The van der Waals surface area contributed by atoms with E-state index < -0.39 is 0 Å². The third kappa shape index (κ3) is 5.17. The summed E-state index contributed by atoms with van der Waals surface area (Å²) in [6.45, 7) is 3.15. The zero-order chi connectivity index (χ0) is 17.6. The molecule has 2 amide bonds. The summed E-state index contributed by atoms with van der Waals surface area (Å²) in [6.07, 6.45) is 2.05. The molecular formula is C18H24N4O2S. The molecule has 1 saturated heterocycles. The van der Waals surface area contributed by atoms with Gasteiger partial charge in [0, 0.05) is 31.6 Å². The van der Waals surface area contributed by atoms with Crippen molar-refractivity contribution in [3.8, 4) is 5.75 Å². The summed E-state index contributed by atoms with van der Waals surface area (Å²) in [5.41, 5.74) is 3.78. The quantitative estimate of drug-likeness (QED) is 0.860. The maximum atomic E-state index is 12.4. The Balaban J connectivity index is 1.50. The van der Waals surface area contributed by atoms with Crippen molar-refractivity contribution in [3.05, 3.63) is 46.4 Å². The molecule has 1 aromatic carbocycles. The number of carbonyl (C=O) groups is 1. The van der Waals surface area contributed by atoms with Gasteiger partial charge in [0.05, 0.1) is 17.7 Å². The minimum absolute atomic E-state index is 0.0581. The number of nitrogens with zero attached hydrogens (tertiary/aromatic N) is 3. The van der Waals surface area contributed by atoms with Crippen LogP contribution in [0.5, 0.6) is 5.75 Å². The minimum Gasteiger partial charge on any atom is -0.508 e. The first-order chi connectivity index (χ1) is 12.1. The third-order valence-electron chi connectivity index (χ3n) is 4.38. The Morgan fingerprint density at radius 2 is 2.40 bits per heavy atom. The number of hydrogen-bond acceptors (Lipinski definition) is 5. The third-order valence-corrected chi connectivity index (χ3v) is 5.01. The number of rotatable bonds is 5. The fraction of sp³-hybridized carbons (Fsp3) is 0.444. The van der Waals surface area contributed by atoms with E-state index in [-0.39, 0.29) is 12.1 Å². The number of carbonyl (C=O) groups excluding carboxylic acids is 1. The molecule has 25 heavy (non-hydrogen) atoms. The highest BCUT2D eigenvalue weighted by Crippen LogP contribution is 2.17. The molecule has 6 nitrogen and oxygen atoms in total. The van der Waals surface area contributed by atoms with Gasteiger partial charge >= 0.3 is 6.03 Å². The van der Waals surface area contributed by atoms with E-state index in [4.69, 9.17) is 0 Å². The van der Waals surface area contributed by atoms with Crippen LogP contribution in [-0.4, -0.2) is 52.1 Å². The van der Waals surface area contributed by atoms with Crippen LogP contribution in [0.3, 0.4) is 0 Å². The second-order valence-electron chi connectivity index (χ2n) is 6.53. The number of urea groups is 1. The van der Waals surface area contributed by atoms with E-state index in [1.807, 2.05) is 17.5 Å². The molecule has 0 radical (unpaired) electrons. The van der Waals surface area contributed by atoms with Crippen LogP contribution in [0.1, 0.15) is 24.1 Å². The SMILES string of the molecule is CN(Cc1cscn1)C(=O)N[C@@H]1CCCN(Cc2cccc(O)c2)C1. The molecule has 2 heterocycles. The van der Waals surface area contributed by atoms with Gasteiger partial charge in [0.1, 0.15) is 5.75 Å². The molecule has 2 N–H and O–H groups in total. The lowest BCUT2D eigenvalue weighted by molar-refractivity contribution is 0.167. The van der Waals surface area contributed by atoms with E-state index in [0.717, 1.165) is 43.7 Å². The topological polar surface area (TPSA) is 68.7 Å². The van der Waals surface area contributed by atoms with Gasteiger partial charge in [0.25, 0.3) is 0 Å². The lowest BCUT2D eigenvalue weighted by Gasteiger charge is -2.34. The van der Waals surface area contributed by atoms with Crippen molar-refractivity contribution in [3.63, 3.8) is 0 Å². The Hall–Kier alpha value is -2.12. The summed E-state index contributed by atoms with van der Waals surface area (Å²) in [4.78, 5) is 20.6. The Bertz CT molecular complexity index is 692. The van der Waals surface area contributed by atoms with E-state index in [9.17, 15) is 9.90 Å². The zero-order valence-electron chi connectivity index (χ0n) is 14.4. The second kappa shape index (κ2) is 8.31. The monoisotopic (exact) mass is 360 g/mol. The van der Waals surface area contributed by atoms with Crippen molar-refractivity contribution in [2.24, 2.45) is 0 Å². The highest BCUT2D eigenvalue weighted by molar-refractivity contribution is 7.07. The Morgan fingerprint density at radius 3 is 3.16 bits per heavy atom. The summed E-state index contributed by atoms with van der Waals surface area (Å²) in [7, 11) is 1.79. The van der Waals surface area contributed by atoms with Crippen LogP contribution in [-0.2, 0) is 13.1 Å². The average molecular weight is 360 g/mol. The summed E-state index contributed by atoms with van der Waals surface area (Å²) in [5, 5.41) is 14.7. The Morgan fingerprint density at radius 1 is 1.52 bits per heavy atom. The predicted molar refractivity (Wildman–Crippen MR) is 98.5 cm³/mol. The van der Waals surface area contributed by atoms with Crippen LogP contribution in [0, 0.1) is 0 Å². The van der Waals surface area contributed by atoms with Crippen LogP contribution in [0.4, 0.5) is 4.79 Å². The number of aromatic nitrogens is 1. The number of benzene rings is 1. The standard InChI is InChI=1S/C18H24N4O2S/c1-21(10-16-12-25-13-19-16)18(24)20-15-5-3-7-22(11-15)9-14-4-2-6-17(23)8-14/h2,4,6,8,12-13,15,23H,3,5,7,9-11H2,1H3,(H,20,24)/t15-/m1/s1. The molecule has 0 unspecified atom stereocenters. The van der Waals surface area contributed by atoms with Crippen molar-refractivity contribution in [2.45, 2.75) is 32.0 Å². The average Bonchev–Trinajstić information content (AvgIpc) is 3.08. The molecule has 1 aromatic heterocycles. The largest absolute Gasteiger partial charge is 0.508 e. The predicted octanol–water partition coefficient (Wildman–Crippen LogP) is 2.65.